The Hall–Kier alpha value is -2.93. The van der Waals surface area contributed by atoms with Crippen LogP contribution >= 0.6 is 0 Å². The first-order valence-corrected chi connectivity index (χ1v) is 8.09. The summed E-state index contributed by atoms with van der Waals surface area (Å²) in [5.74, 6) is 0.365. The summed E-state index contributed by atoms with van der Waals surface area (Å²) in [6.07, 6.45) is 1.56. The summed E-state index contributed by atoms with van der Waals surface area (Å²) in [4.78, 5) is 30.5. The molecule has 1 aliphatic rings. The van der Waals surface area contributed by atoms with Gasteiger partial charge in [0, 0.05) is 37.6 Å². The summed E-state index contributed by atoms with van der Waals surface area (Å²) in [6.45, 7) is 2.97. The van der Waals surface area contributed by atoms with Crippen LogP contribution in [0.4, 0.5) is 11.5 Å². The highest BCUT2D eigenvalue weighted by molar-refractivity contribution is 6.05. The number of morpholine rings is 1. The molecule has 2 aromatic rings. The van der Waals surface area contributed by atoms with Crippen LogP contribution in [0.3, 0.4) is 0 Å². The molecule has 130 valence electrons. The number of nitrogens with zero attached hydrogens (tertiary/aromatic N) is 2. The molecule has 0 spiro atoms. The van der Waals surface area contributed by atoms with Gasteiger partial charge in [-0.15, -0.1) is 0 Å². The van der Waals surface area contributed by atoms with Crippen molar-refractivity contribution >= 4 is 23.3 Å². The molecule has 7 heteroatoms. The molecule has 1 saturated heterocycles. The van der Waals surface area contributed by atoms with Crippen molar-refractivity contribution in [1.82, 2.24) is 10.3 Å². The van der Waals surface area contributed by atoms with Crippen LogP contribution in [0.25, 0.3) is 0 Å². The molecule has 0 atom stereocenters. The minimum absolute atomic E-state index is 0.201. The molecule has 1 aromatic carbocycles. The van der Waals surface area contributed by atoms with E-state index in [1.807, 2.05) is 6.07 Å². The molecule has 0 radical (unpaired) electrons. The molecule has 7 nitrogen and oxygen atoms in total. The molecule has 1 fully saturated rings. The zero-order valence-electron chi connectivity index (χ0n) is 14.0. The summed E-state index contributed by atoms with van der Waals surface area (Å²) >= 11 is 0. The van der Waals surface area contributed by atoms with E-state index in [1.54, 1.807) is 43.6 Å². The van der Waals surface area contributed by atoms with E-state index in [2.05, 4.69) is 20.5 Å². The van der Waals surface area contributed by atoms with E-state index in [-0.39, 0.29) is 11.8 Å². The van der Waals surface area contributed by atoms with E-state index < -0.39 is 0 Å². The van der Waals surface area contributed by atoms with Gasteiger partial charge in [-0.1, -0.05) is 6.07 Å². The van der Waals surface area contributed by atoms with Gasteiger partial charge in [-0.3, -0.25) is 9.59 Å². The van der Waals surface area contributed by atoms with Crippen molar-refractivity contribution in [2.24, 2.45) is 0 Å². The molecule has 0 saturated carbocycles. The first-order chi connectivity index (χ1) is 12.2. The number of amides is 2. The van der Waals surface area contributed by atoms with Gasteiger partial charge in [-0.25, -0.2) is 4.98 Å². The zero-order chi connectivity index (χ0) is 17.6. The van der Waals surface area contributed by atoms with Gasteiger partial charge in [0.15, 0.2) is 0 Å². The second kappa shape index (κ2) is 7.76. The van der Waals surface area contributed by atoms with Crippen LogP contribution in [0.2, 0.25) is 0 Å². The van der Waals surface area contributed by atoms with Gasteiger partial charge in [0.05, 0.1) is 18.8 Å². The second-order valence-corrected chi connectivity index (χ2v) is 5.62. The molecule has 2 heterocycles. The number of nitrogens with one attached hydrogen (secondary N) is 2. The summed E-state index contributed by atoms with van der Waals surface area (Å²) < 4.78 is 5.32. The first-order valence-electron chi connectivity index (χ1n) is 8.09. The number of rotatable bonds is 4. The Bertz CT molecular complexity index is 755. The Balaban J connectivity index is 1.68. The number of carbonyl (C=O) groups excluding carboxylic acids is 2. The maximum absolute atomic E-state index is 12.4. The lowest BCUT2D eigenvalue weighted by molar-refractivity contribution is 0.0961. The van der Waals surface area contributed by atoms with Crippen molar-refractivity contribution in [3.63, 3.8) is 0 Å². The van der Waals surface area contributed by atoms with Crippen molar-refractivity contribution in [1.29, 1.82) is 0 Å². The summed E-state index contributed by atoms with van der Waals surface area (Å²) in [5.41, 5.74) is 1.51. The number of ether oxygens (including phenoxy) is 1. The van der Waals surface area contributed by atoms with Gasteiger partial charge in [-0.2, -0.15) is 0 Å². The van der Waals surface area contributed by atoms with E-state index >= 15 is 0 Å². The van der Waals surface area contributed by atoms with Gasteiger partial charge in [0.2, 0.25) is 0 Å². The summed E-state index contributed by atoms with van der Waals surface area (Å²) in [7, 11) is 1.56. The van der Waals surface area contributed by atoms with E-state index in [0.717, 1.165) is 18.9 Å². The highest BCUT2D eigenvalue weighted by Crippen LogP contribution is 2.15. The van der Waals surface area contributed by atoms with Crippen molar-refractivity contribution in [3.05, 3.63) is 53.7 Å². The van der Waals surface area contributed by atoms with Crippen LogP contribution in [-0.2, 0) is 4.74 Å². The number of carbonyl (C=O) groups is 2. The van der Waals surface area contributed by atoms with Gasteiger partial charge in [0.1, 0.15) is 5.82 Å². The lowest BCUT2D eigenvalue weighted by atomic mass is 10.2. The SMILES string of the molecule is CNC(=O)c1cccc(NC(=O)c2ccc(N3CCOCC3)nc2)c1. The number of aromatic nitrogens is 1. The quantitative estimate of drug-likeness (QED) is 0.882. The van der Waals surface area contributed by atoms with E-state index in [9.17, 15) is 9.59 Å². The number of pyridine rings is 1. The average molecular weight is 340 g/mol. The van der Waals surface area contributed by atoms with Gasteiger partial charge in [-0.05, 0) is 30.3 Å². The minimum atomic E-state index is -0.268. The fraction of sp³-hybridized carbons (Fsp3) is 0.278. The van der Waals surface area contributed by atoms with E-state index in [0.29, 0.717) is 30.0 Å². The molecule has 0 unspecified atom stereocenters. The topological polar surface area (TPSA) is 83.6 Å². The number of anilines is 2. The smallest absolute Gasteiger partial charge is 0.257 e. The van der Waals surface area contributed by atoms with Crippen LogP contribution in [0.15, 0.2) is 42.6 Å². The van der Waals surface area contributed by atoms with Crippen molar-refractivity contribution in [3.8, 4) is 0 Å². The molecule has 1 aromatic heterocycles. The minimum Gasteiger partial charge on any atom is -0.378 e. The summed E-state index contributed by atoms with van der Waals surface area (Å²) in [6, 6.07) is 10.4. The van der Waals surface area contributed by atoms with Crippen molar-refractivity contribution < 1.29 is 14.3 Å². The molecule has 2 amide bonds. The molecular weight excluding hydrogens is 320 g/mol. The third kappa shape index (κ3) is 4.13. The number of benzene rings is 1. The van der Waals surface area contributed by atoms with Crippen molar-refractivity contribution in [2.75, 3.05) is 43.6 Å². The monoisotopic (exact) mass is 340 g/mol. The fourth-order valence-corrected chi connectivity index (χ4v) is 2.59. The predicted molar refractivity (Wildman–Crippen MR) is 95.1 cm³/mol. The molecule has 3 rings (SSSR count). The Morgan fingerprint density at radius 2 is 1.88 bits per heavy atom. The van der Waals surface area contributed by atoms with Crippen molar-refractivity contribution in [2.45, 2.75) is 0 Å². The summed E-state index contributed by atoms with van der Waals surface area (Å²) in [5, 5.41) is 5.34. The Morgan fingerprint density at radius 1 is 1.08 bits per heavy atom. The van der Waals surface area contributed by atoms with E-state index in [1.165, 1.54) is 0 Å². The lowest BCUT2D eigenvalue weighted by Crippen LogP contribution is -2.36. The molecule has 1 aliphatic heterocycles. The number of hydrogen-bond donors (Lipinski definition) is 2. The molecule has 25 heavy (non-hydrogen) atoms. The Morgan fingerprint density at radius 3 is 2.56 bits per heavy atom. The fourth-order valence-electron chi connectivity index (χ4n) is 2.59. The molecule has 0 aliphatic carbocycles. The third-order valence-corrected chi connectivity index (χ3v) is 3.95. The van der Waals surface area contributed by atoms with Gasteiger partial charge >= 0.3 is 0 Å². The standard InChI is InChI=1S/C18H20N4O3/c1-19-17(23)13-3-2-4-15(11-13)21-18(24)14-5-6-16(20-12-14)22-7-9-25-10-8-22/h2-6,11-12H,7-10H2,1H3,(H,19,23)(H,21,24). The van der Waals surface area contributed by atoms with Crippen LogP contribution in [0.1, 0.15) is 20.7 Å². The highest BCUT2D eigenvalue weighted by atomic mass is 16.5. The second-order valence-electron chi connectivity index (χ2n) is 5.62. The van der Waals surface area contributed by atoms with Crippen LogP contribution in [-0.4, -0.2) is 50.1 Å². The Labute approximate surface area is 146 Å². The molecule has 0 bridgehead atoms. The maximum atomic E-state index is 12.4. The van der Waals surface area contributed by atoms with Gasteiger partial charge in [0.25, 0.3) is 11.8 Å². The maximum Gasteiger partial charge on any atom is 0.257 e. The van der Waals surface area contributed by atoms with Crippen LogP contribution in [0.5, 0.6) is 0 Å². The van der Waals surface area contributed by atoms with Crippen LogP contribution in [0, 0.1) is 0 Å². The highest BCUT2D eigenvalue weighted by Gasteiger charge is 2.14. The first kappa shape index (κ1) is 16.9. The number of hydrogen-bond acceptors (Lipinski definition) is 5. The zero-order valence-corrected chi connectivity index (χ0v) is 14.0. The Kier molecular flexibility index (Phi) is 5.25. The predicted octanol–water partition coefficient (Wildman–Crippen LogP) is 1.53. The molecular formula is C18H20N4O3. The van der Waals surface area contributed by atoms with Gasteiger partial charge < -0.3 is 20.3 Å². The van der Waals surface area contributed by atoms with Crippen LogP contribution < -0.4 is 15.5 Å². The largest absolute Gasteiger partial charge is 0.378 e. The normalized spacial score (nSPS) is 14.0. The van der Waals surface area contributed by atoms with E-state index in [4.69, 9.17) is 4.74 Å². The lowest BCUT2D eigenvalue weighted by Gasteiger charge is -2.27. The molecule has 2 N–H and O–H groups in total. The third-order valence-electron chi connectivity index (χ3n) is 3.95. The average Bonchev–Trinajstić information content (AvgIpc) is 2.68.